The molecule has 0 saturated carbocycles. The van der Waals surface area contributed by atoms with E-state index in [4.69, 9.17) is 11.6 Å². The third kappa shape index (κ3) is 5.22. The maximum Gasteiger partial charge on any atom is 0.253 e. The monoisotopic (exact) mass is 534 g/mol. The predicted octanol–water partition coefficient (Wildman–Crippen LogP) is 4.08. The molecule has 0 bridgehead atoms. The highest BCUT2D eigenvalue weighted by Crippen LogP contribution is 2.39. The number of likely N-dealkylation sites (tertiary alicyclic amines) is 1. The van der Waals surface area contributed by atoms with Crippen LogP contribution in [0.3, 0.4) is 0 Å². The molecule has 2 aliphatic heterocycles. The van der Waals surface area contributed by atoms with Gasteiger partial charge in [-0.2, -0.15) is 0 Å². The summed E-state index contributed by atoms with van der Waals surface area (Å²) in [4.78, 5) is 45.1. The lowest BCUT2D eigenvalue weighted by atomic mass is 9.85. The number of amides is 3. The van der Waals surface area contributed by atoms with E-state index in [0.29, 0.717) is 36.5 Å². The summed E-state index contributed by atoms with van der Waals surface area (Å²) in [6.45, 7) is 1.27. The molecule has 2 aliphatic rings. The average molecular weight is 535 g/mol. The standard InChI is InChI=1S/C29H28ClFN4O3/c30-23-10-8-22(9-11-23)27(37)33-16-14-29(15-17-33)28(38)34(20-35(29)25-4-2-1-3-5-25)19-26(36)32-18-21-6-12-24(31)13-7-21/h1-13H,14-20H2,(H,32,36). The predicted molar refractivity (Wildman–Crippen MR) is 143 cm³/mol. The van der Waals surface area contributed by atoms with Crippen LogP contribution in [0.4, 0.5) is 10.1 Å². The molecule has 3 aromatic rings. The molecular formula is C29H28ClFN4O3. The smallest absolute Gasteiger partial charge is 0.253 e. The van der Waals surface area contributed by atoms with Gasteiger partial charge in [0.05, 0.1) is 6.67 Å². The lowest BCUT2D eigenvalue weighted by Gasteiger charge is -2.43. The van der Waals surface area contributed by atoms with Crippen LogP contribution < -0.4 is 10.2 Å². The van der Waals surface area contributed by atoms with Gasteiger partial charge in [-0.25, -0.2) is 4.39 Å². The van der Waals surface area contributed by atoms with Crippen LogP contribution >= 0.6 is 11.6 Å². The molecule has 1 spiro atoms. The summed E-state index contributed by atoms with van der Waals surface area (Å²) in [6, 6.07) is 22.4. The minimum atomic E-state index is -0.838. The molecule has 2 saturated heterocycles. The van der Waals surface area contributed by atoms with Crippen LogP contribution in [0, 0.1) is 5.82 Å². The molecule has 2 fully saturated rings. The van der Waals surface area contributed by atoms with Gasteiger partial charge >= 0.3 is 0 Å². The largest absolute Gasteiger partial charge is 0.350 e. The lowest BCUT2D eigenvalue weighted by molar-refractivity contribution is -0.137. The minimum Gasteiger partial charge on any atom is -0.350 e. The number of para-hydroxylation sites is 1. The Morgan fingerprint density at radius 2 is 1.58 bits per heavy atom. The molecule has 2 heterocycles. The van der Waals surface area contributed by atoms with Gasteiger partial charge in [-0.15, -0.1) is 0 Å². The molecular weight excluding hydrogens is 507 g/mol. The second kappa shape index (κ2) is 10.8. The minimum absolute atomic E-state index is 0.0848. The molecule has 3 amide bonds. The maximum absolute atomic E-state index is 13.8. The first-order valence-corrected chi connectivity index (χ1v) is 12.9. The molecule has 0 radical (unpaired) electrons. The molecule has 5 rings (SSSR count). The van der Waals surface area contributed by atoms with Crippen molar-refractivity contribution in [1.29, 1.82) is 0 Å². The Hall–Kier alpha value is -3.91. The van der Waals surface area contributed by atoms with Crippen LogP contribution in [-0.2, 0) is 16.1 Å². The maximum atomic E-state index is 13.8. The van der Waals surface area contributed by atoms with Crippen LogP contribution in [-0.4, -0.2) is 59.4 Å². The summed E-state index contributed by atoms with van der Waals surface area (Å²) in [5.74, 6) is -0.833. The van der Waals surface area contributed by atoms with Crippen LogP contribution in [0.5, 0.6) is 0 Å². The quantitative estimate of drug-likeness (QED) is 0.517. The molecule has 0 unspecified atom stereocenters. The summed E-state index contributed by atoms with van der Waals surface area (Å²) < 4.78 is 13.2. The Labute approximate surface area is 225 Å². The number of hydrogen-bond acceptors (Lipinski definition) is 4. The van der Waals surface area contributed by atoms with Gasteiger partial charge in [-0.1, -0.05) is 41.9 Å². The number of piperidine rings is 1. The average Bonchev–Trinajstić information content (AvgIpc) is 3.20. The van der Waals surface area contributed by atoms with Gasteiger partial charge < -0.3 is 20.0 Å². The number of hydrogen-bond donors (Lipinski definition) is 1. The zero-order chi connectivity index (χ0) is 26.7. The summed E-state index contributed by atoms with van der Waals surface area (Å²) in [6.07, 6.45) is 0.904. The van der Waals surface area contributed by atoms with Crippen molar-refractivity contribution < 1.29 is 18.8 Å². The van der Waals surface area contributed by atoms with E-state index in [1.54, 1.807) is 46.2 Å². The number of anilines is 1. The van der Waals surface area contributed by atoms with Gasteiger partial charge in [0.2, 0.25) is 5.91 Å². The first-order chi connectivity index (χ1) is 18.4. The van der Waals surface area contributed by atoms with E-state index >= 15 is 0 Å². The van der Waals surface area contributed by atoms with Crippen molar-refractivity contribution in [2.45, 2.75) is 24.9 Å². The number of carbonyl (C=O) groups excluding carboxylic acids is 3. The number of benzene rings is 3. The lowest BCUT2D eigenvalue weighted by Crippen LogP contribution is -2.57. The van der Waals surface area contributed by atoms with E-state index in [1.165, 1.54) is 12.1 Å². The number of nitrogens with one attached hydrogen (secondary N) is 1. The summed E-state index contributed by atoms with van der Waals surface area (Å²) in [5, 5.41) is 3.39. The van der Waals surface area contributed by atoms with Crippen LogP contribution in [0.15, 0.2) is 78.9 Å². The van der Waals surface area contributed by atoms with E-state index in [-0.39, 0.29) is 43.3 Å². The van der Waals surface area contributed by atoms with E-state index in [0.717, 1.165) is 11.3 Å². The summed E-state index contributed by atoms with van der Waals surface area (Å²) >= 11 is 5.97. The third-order valence-electron chi connectivity index (χ3n) is 7.29. The van der Waals surface area contributed by atoms with E-state index in [9.17, 15) is 18.8 Å². The molecule has 3 aromatic carbocycles. The number of halogens is 2. The Balaban J connectivity index is 1.29. The van der Waals surface area contributed by atoms with Crippen molar-refractivity contribution in [3.8, 4) is 0 Å². The molecule has 0 aliphatic carbocycles. The first-order valence-electron chi connectivity index (χ1n) is 12.5. The van der Waals surface area contributed by atoms with Crippen molar-refractivity contribution in [2.75, 3.05) is 31.2 Å². The number of rotatable bonds is 6. The molecule has 9 heteroatoms. The first kappa shape index (κ1) is 25.7. The fourth-order valence-corrected chi connectivity index (χ4v) is 5.34. The molecule has 1 N–H and O–H groups in total. The van der Waals surface area contributed by atoms with Gasteiger partial charge in [0, 0.05) is 35.9 Å². The SMILES string of the molecule is O=C(CN1CN(c2ccccc2)C2(CCN(C(=O)c3ccc(Cl)cc3)CC2)C1=O)NCc1ccc(F)cc1. The van der Waals surface area contributed by atoms with Gasteiger partial charge in [0.15, 0.2) is 0 Å². The van der Waals surface area contributed by atoms with Crippen LogP contribution in [0.25, 0.3) is 0 Å². The van der Waals surface area contributed by atoms with Crippen molar-refractivity contribution in [3.05, 3.63) is 101 Å². The molecule has 7 nitrogen and oxygen atoms in total. The molecule has 0 aromatic heterocycles. The zero-order valence-corrected chi connectivity index (χ0v) is 21.5. The third-order valence-corrected chi connectivity index (χ3v) is 7.54. The fraction of sp³-hybridized carbons (Fsp3) is 0.276. The van der Waals surface area contributed by atoms with Crippen LogP contribution in [0.1, 0.15) is 28.8 Å². The van der Waals surface area contributed by atoms with E-state index in [1.807, 2.05) is 30.3 Å². The molecule has 196 valence electrons. The van der Waals surface area contributed by atoms with Crippen molar-refractivity contribution in [2.24, 2.45) is 0 Å². The topological polar surface area (TPSA) is 73.0 Å². The zero-order valence-electron chi connectivity index (χ0n) is 20.8. The van der Waals surface area contributed by atoms with Gasteiger partial charge in [-0.05, 0) is 66.9 Å². The number of carbonyl (C=O) groups is 3. The van der Waals surface area contributed by atoms with Gasteiger partial charge in [0.1, 0.15) is 17.9 Å². The molecule has 0 atom stereocenters. The van der Waals surface area contributed by atoms with Gasteiger partial charge in [0.25, 0.3) is 11.8 Å². The highest BCUT2D eigenvalue weighted by atomic mass is 35.5. The van der Waals surface area contributed by atoms with Crippen molar-refractivity contribution >= 4 is 35.0 Å². The van der Waals surface area contributed by atoms with E-state index in [2.05, 4.69) is 10.2 Å². The highest BCUT2D eigenvalue weighted by molar-refractivity contribution is 6.30. The summed E-state index contributed by atoms with van der Waals surface area (Å²) in [7, 11) is 0. The molecule has 38 heavy (non-hydrogen) atoms. The fourth-order valence-electron chi connectivity index (χ4n) is 5.21. The van der Waals surface area contributed by atoms with Crippen molar-refractivity contribution in [3.63, 3.8) is 0 Å². The Bertz CT molecular complexity index is 1310. The second-order valence-corrected chi connectivity index (χ2v) is 10.1. The van der Waals surface area contributed by atoms with Gasteiger partial charge in [-0.3, -0.25) is 14.4 Å². The summed E-state index contributed by atoms with van der Waals surface area (Å²) in [5.41, 5.74) is 1.39. The number of nitrogens with zero attached hydrogens (tertiary/aromatic N) is 3. The Kier molecular flexibility index (Phi) is 7.33. The Morgan fingerprint density at radius 3 is 2.24 bits per heavy atom. The normalized spacial score (nSPS) is 16.7. The van der Waals surface area contributed by atoms with E-state index < -0.39 is 5.54 Å². The Morgan fingerprint density at radius 1 is 0.921 bits per heavy atom. The van der Waals surface area contributed by atoms with Crippen molar-refractivity contribution in [1.82, 2.24) is 15.1 Å². The highest BCUT2D eigenvalue weighted by Gasteiger charge is 2.54. The second-order valence-electron chi connectivity index (χ2n) is 9.64. The van der Waals surface area contributed by atoms with Crippen LogP contribution in [0.2, 0.25) is 5.02 Å².